The molecule has 4 heterocycles. The fourth-order valence-electron chi connectivity index (χ4n) is 4.97. The van der Waals surface area contributed by atoms with E-state index in [2.05, 4.69) is 37.3 Å². The highest BCUT2D eigenvalue weighted by molar-refractivity contribution is 7.67. The molecular formula is C22H35N4O5P. The minimum atomic E-state index is -3.01. The van der Waals surface area contributed by atoms with Gasteiger partial charge < -0.3 is 28.7 Å². The van der Waals surface area contributed by atoms with E-state index in [-0.39, 0.29) is 0 Å². The van der Waals surface area contributed by atoms with Gasteiger partial charge in [-0.05, 0) is 18.2 Å². The highest BCUT2D eigenvalue weighted by Gasteiger charge is 2.43. The zero-order valence-corrected chi connectivity index (χ0v) is 19.7. The lowest BCUT2D eigenvalue weighted by Crippen LogP contribution is -2.48. The number of ether oxygens (including phenoxy) is 4. The molecule has 178 valence electrons. The quantitative estimate of drug-likeness (QED) is 0.588. The zero-order valence-electron chi connectivity index (χ0n) is 18.8. The molecule has 0 aromatic heterocycles. The van der Waals surface area contributed by atoms with Crippen LogP contribution < -0.4 is 15.1 Å². The van der Waals surface area contributed by atoms with Gasteiger partial charge in [-0.25, -0.2) is 9.34 Å². The van der Waals surface area contributed by atoms with Gasteiger partial charge in [-0.3, -0.25) is 4.57 Å². The summed E-state index contributed by atoms with van der Waals surface area (Å²) >= 11 is 0. The van der Waals surface area contributed by atoms with Gasteiger partial charge in [-0.15, -0.1) is 0 Å². The van der Waals surface area contributed by atoms with Crippen molar-refractivity contribution in [2.24, 2.45) is 0 Å². The van der Waals surface area contributed by atoms with E-state index in [1.165, 1.54) is 5.69 Å². The van der Waals surface area contributed by atoms with Crippen LogP contribution in [0.3, 0.4) is 0 Å². The largest absolute Gasteiger partial charge is 0.379 e. The first kappa shape index (κ1) is 22.6. The minimum Gasteiger partial charge on any atom is -0.379 e. The maximum absolute atomic E-state index is 15.1. The second-order valence-electron chi connectivity index (χ2n) is 8.55. The molecule has 32 heavy (non-hydrogen) atoms. The van der Waals surface area contributed by atoms with Gasteiger partial charge in [0.25, 0.3) is 0 Å². The first-order chi connectivity index (χ1) is 15.8. The average molecular weight is 467 g/mol. The van der Waals surface area contributed by atoms with Gasteiger partial charge in [0.2, 0.25) is 7.44 Å². The molecule has 4 fully saturated rings. The molecular weight excluding hydrogens is 431 g/mol. The fourth-order valence-corrected chi connectivity index (χ4v) is 8.12. The third kappa shape index (κ3) is 4.57. The van der Waals surface area contributed by atoms with Gasteiger partial charge in [0, 0.05) is 58.0 Å². The summed E-state index contributed by atoms with van der Waals surface area (Å²) < 4.78 is 41.9. The van der Waals surface area contributed by atoms with Crippen molar-refractivity contribution in [3.05, 3.63) is 18.2 Å². The summed E-state index contributed by atoms with van der Waals surface area (Å²) in [4.78, 5) is 4.72. The summed E-state index contributed by atoms with van der Waals surface area (Å²) in [5, 5.41) is 0.945. The van der Waals surface area contributed by atoms with Crippen molar-refractivity contribution in [3.8, 4) is 0 Å². The van der Waals surface area contributed by atoms with Crippen LogP contribution in [0.25, 0.3) is 0 Å². The van der Waals surface area contributed by atoms with Gasteiger partial charge in [-0.2, -0.15) is 0 Å². The molecule has 4 aliphatic heterocycles. The molecule has 0 radical (unpaired) electrons. The molecule has 0 saturated carbocycles. The van der Waals surface area contributed by atoms with Crippen molar-refractivity contribution in [2.45, 2.75) is 0 Å². The zero-order chi connectivity index (χ0) is 21.8. The van der Waals surface area contributed by atoms with Gasteiger partial charge in [-0.1, -0.05) is 0 Å². The molecule has 0 atom stereocenters. The summed E-state index contributed by atoms with van der Waals surface area (Å²) in [6, 6.07) is 6.53. The average Bonchev–Trinajstić information content (AvgIpc) is 2.90. The van der Waals surface area contributed by atoms with Crippen LogP contribution in [0.1, 0.15) is 0 Å². The molecule has 9 nitrogen and oxygen atoms in total. The predicted molar refractivity (Wildman–Crippen MR) is 125 cm³/mol. The van der Waals surface area contributed by atoms with Crippen LogP contribution in [0.2, 0.25) is 0 Å². The van der Waals surface area contributed by atoms with Crippen LogP contribution in [0.5, 0.6) is 0 Å². The fraction of sp³-hybridized carbons (Fsp3) is 0.727. The van der Waals surface area contributed by atoms with Gasteiger partial charge in [0.1, 0.15) is 0 Å². The summed E-state index contributed by atoms with van der Waals surface area (Å²) in [5.41, 5.74) is 2.26. The molecule has 4 saturated heterocycles. The SMILES string of the molecule is O=P(c1ccc(N2CCOCC2)cc1N1CCOCC1)(N1CCOCC1)N1CCOCC1. The van der Waals surface area contributed by atoms with Gasteiger partial charge in [0.15, 0.2) is 0 Å². The van der Waals surface area contributed by atoms with Crippen LogP contribution in [0.15, 0.2) is 18.2 Å². The van der Waals surface area contributed by atoms with E-state index in [4.69, 9.17) is 18.9 Å². The number of morpholine rings is 4. The van der Waals surface area contributed by atoms with Crippen molar-refractivity contribution in [3.63, 3.8) is 0 Å². The monoisotopic (exact) mass is 466 g/mol. The molecule has 5 rings (SSSR count). The molecule has 0 amide bonds. The molecule has 0 unspecified atom stereocenters. The second kappa shape index (κ2) is 10.4. The van der Waals surface area contributed by atoms with Crippen molar-refractivity contribution >= 4 is 24.1 Å². The number of benzene rings is 1. The van der Waals surface area contributed by atoms with E-state index in [9.17, 15) is 0 Å². The van der Waals surface area contributed by atoms with E-state index in [1.54, 1.807) is 0 Å². The molecule has 0 spiro atoms. The topological polar surface area (TPSA) is 67.0 Å². The van der Waals surface area contributed by atoms with E-state index in [1.807, 2.05) is 0 Å². The third-order valence-electron chi connectivity index (χ3n) is 6.74. The van der Waals surface area contributed by atoms with Crippen LogP contribution in [-0.2, 0) is 23.5 Å². The molecule has 10 heteroatoms. The number of anilines is 2. The summed E-state index contributed by atoms with van der Waals surface area (Å²) in [6.45, 7) is 11.5. The Labute approximate surface area is 190 Å². The Hall–Kier alpha value is -1.19. The Kier molecular flexibility index (Phi) is 7.33. The lowest BCUT2D eigenvalue weighted by molar-refractivity contribution is 0.0538. The van der Waals surface area contributed by atoms with E-state index in [0.717, 1.165) is 50.4 Å². The Balaban J connectivity index is 1.57. The van der Waals surface area contributed by atoms with Gasteiger partial charge >= 0.3 is 0 Å². The van der Waals surface area contributed by atoms with E-state index >= 15 is 4.57 Å². The summed E-state index contributed by atoms with van der Waals surface area (Å²) in [7, 11) is -3.01. The first-order valence-corrected chi connectivity index (χ1v) is 13.4. The van der Waals surface area contributed by atoms with E-state index < -0.39 is 7.44 Å². The maximum atomic E-state index is 15.1. The standard InChI is InChI=1S/C22H35N4O5P/c27-32(25-7-15-30-16-8-25,26-9-17-31-18-10-26)22-2-1-20(23-3-11-28-12-4-23)19-21(22)24-5-13-29-14-6-24/h1-2,19H,3-18H2. The highest BCUT2D eigenvalue weighted by Crippen LogP contribution is 2.55. The Morgan fingerprint density at radius 1 is 0.594 bits per heavy atom. The number of rotatable bonds is 5. The smallest absolute Gasteiger partial charge is 0.248 e. The van der Waals surface area contributed by atoms with Crippen molar-refractivity contribution in [2.75, 3.05) is 115 Å². The molecule has 0 N–H and O–H groups in total. The Morgan fingerprint density at radius 3 is 1.53 bits per heavy atom. The number of nitrogens with zero attached hydrogens (tertiary/aromatic N) is 4. The minimum absolute atomic E-state index is 0.618. The van der Waals surface area contributed by atoms with Crippen molar-refractivity contribution in [1.82, 2.24) is 9.34 Å². The molecule has 1 aromatic rings. The normalized spacial score (nSPS) is 24.6. The second-order valence-corrected chi connectivity index (χ2v) is 11.2. The van der Waals surface area contributed by atoms with Crippen molar-refractivity contribution in [1.29, 1.82) is 0 Å². The molecule has 0 bridgehead atoms. The maximum Gasteiger partial charge on any atom is 0.248 e. The summed E-state index contributed by atoms with van der Waals surface area (Å²) in [6.07, 6.45) is 0. The number of hydrogen-bond donors (Lipinski definition) is 0. The van der Waals surface area contributed by atoms with Gasteiger partial charge in [0.05, 0.1) is 63.8 Å². The van der Waals surface area contributed by atoms with Crippen LogP contribution in [-0.4, -0.2) is 115 Å². The van der Waals surface area contributed by atoms with Crippen molar-refractivity contribution < 1.29 is 23.5 Å². The Bertz CT molecular complexity index is 782. The van der Waals surface area contributed by atoms with Crippen LogP contribution in [0, 0.1) is 0 Å². The third-order valence-corrected chi connectivity index (χ3v) is 10.1. The lowest BCUT2D eigenvalue weighted by Gasteiger charge is -2.44. The van der Waals surface area contributed by atoms with Crippen LogP contribution >= 0.6 is 7.44 Å². The van der Waals surface area contributed by atoms with E-state index in [0.29, 0.717) is 65.8 Å². The first-order valence-electron chi connectivity index (χ1n) is 11.8. The van der Waals surface area contributed by atoms with Crippen LogP contribution in [0.4, 0.5) is 11.4 Å². The Morgan fingerprint density at radius 2 is 1.03 bits per heavy atom. The molecule has 4 aliphatic rings. The molecule has 1 aromatic carbocycles. The predicted octanol–water partition coefficient (Wildman–Crippen LogP) is 0.843. The lowest BCUT2D eigenvalue weighted by atomic mass is 10.2. The summed E-state index contributed by atoms with van der Waals surface area (Å²) in [5.74, 6) is 0. The molecule has 0 aliphatic carbocycles. The highest BCUT2D eigenvalue weighted by atomic mass is 31.2. The number of hydrogen-bond acceptors (Lipinski definition) is 7.